The van der Waals surface area contributed by atoms with Gasteiger partial charge in [0, 0.05) is 6.26 Å². The van der Waals surface area contributed by atoms with E-state index in [0.29, 0.717) is 11.5 Å². The van der Waals surface area contributed by atoms with Crippen LogP contribution in [0.3, 0.4) is 0 Å². The van der Waals surface area contributed by atoms with Crippen LogP contribution in [-0.2, 0) is 25.8 Å². The minimum absolute atomic E-state index is 0.00502. The number of benzene rings is 2. The standard InChI is InChI=1S/C20H23NO5S/c1-14(2)12-15-8-10-16(11-9-15)20(23)26-13-19(22)21-17-6-4-5-7-18(17)27(3,24)25/h4-11,14H,12-13H2,1-3H3,(H,21,22). The molecule has 0 aliphatic carbocycles. The molecule has 144 valence electrons. The summed E-state index contributed by atoms with van der Waals surface area (Å²) < 4.78 is 28.5. The Hall–Kier alpha value is -2.67. The highest BCUT2D eigenvalue weighted by Gasteiger charge is 2.16. The SMILES string of the molecule is CC(C)Cc1ccc(C(=O)OCC(=O)Nc2ccccc2S(C)(=O)=O)cc1. The molecule has 0 saturated carbocycles. The van der Waals surface area contributed by atoms with E-state index < -0.39 is 28.3 Å². The van der Waals surface area contributed by atoms with Crippen molar-refractivity contribution in [3.05, 3.63) is 59.7 Å². The van der Waals surface area contributed by atoms with Gasteiger partial charge in [0.15, 0.2) is 16.4 Å². The van der Waals surface area contributed by atoms with Crippen LogP contribution in [0.5, 0.6) is 0 Å². The van der Waals surface area contributed by atoms with Gasteiger partial charge in [-0.2, -0.15) is 0 Å². The minimum atomic E-state index is -3.49. The second-order valence-electron chi connectivity index (χ2n) is 6.69. The number of rotatable bonds is 7. The number of hydrogen-bond donors (Lipinski definition) is 1. The largest absolute Gasteiger partial charge is 0.452 e. The third-order valence-electron chi connectivity index (χ3n) is 3.73. The fourth-order valence-corrected chi connectivity index (χ4v) is 3.39. The summed E-state index contributed by atoms with van der Waals surface area (Å²) in [6.07, 6.45) is 1.97. The van der Waals surface area contributed by atoms with Gasteiger partial charge in [-0.25, -0.2) is 13.2 Å². The zero-order chi connectivity index (χ0) is 20.0. The molecule has 1 amide bonds. The van der Waals surface area contributed by atoms with E-state index in [9.17, 15) is 18.0 Å². The maximum Gasteiger partial charge on any atom is 0.338 e. The number of sulfone groups is 1. The number of anilines is 1. The molecule has 0 radical (unpaired) electrons. The number of carbonyl (C=O) groups excluding carboxylic acids is 2. The van der Waals surface area contributed by atoms with Gasteiger partial charge in [0.25, 0.3) is 5.91 Å². The summed E-state index contributed by atoms with van der Waals surface area (Å²) in [7, 11) is -3.49. The van der Waals surface area contributed by atoms with Crippen LogP contribution < -0.4 is 5.32 Å². The zero-order valence-corrected chi connectivity index (χ0v) is 16.4. The van der Waals surface area contributed by atoms with Gasteiger partial charge >= 0.3 is 5.97 Å². The number of para-hydroxylation sites is 1. The number of ether oxygens (including phenoxy) is 1. The second-order valence-corrected chi connectivity index (χ2v) is 8.67. The third-order valence-corrected chi connectivity index (χ3v) is 4.88. The Morgan fingerprint density at radius 1 is 1.04 bits per heavy atom. The van der Waals surface area contributed by atoms with E-state index in [1.165, 1.54) is 12.1 Å². The van der Waals surface area contributed by atoms with Gasteiger partial charge in [-0.1, -0.05) is 38.1 Å². The lowest BCUT2D eigenvalue weighted by molar-refractivity contribution is -0.119. The normalized spacial score (nSPS) is 11.3. The molecule has 0 bridgehead atoms. The van der Waals surface area contributed by atoms with Crippen molar-refractivity contribution in [1.29, 1.82) is 0 Å². The molecule has 0 spiro atoms. The molecule has 2 rings (SSSR count). The summed E-state index contributed by atoms with van der Waals surface area (Å²) >= 11 is 0. The summed E-state index contributed by atoms with van der Waals surface area (Å²) in [5.41, 5.74) is 1.63. The molecular formula is C20H23NO5S. The van der Waals surface area contributed by atoms with Crippen molar-refractivity contribution in [2.75, 3.05) is 18.2 Å². The molecule has 1 N–H and O–H groups in total. The highest BCUT2D eigenvalue weighted by molar-refractivity contribution is 7.90. The lowest BCUT2D eigenvalue weighted by Crippen LogP contribution is -2.22. The molecule has 0 atom stereocenters. The van der Waals surface area contributed by atoms with Crippen molar-refractivity contribution < 1.29 is 22.7 Å². The van der Waals surface area contributed by atoms with E-state index in [-0.39, 0.29) is 10.6 Å². The molecule has 0 fully saturated rings. The van der Waals surface area contributed by atoms with Gasteiger partial charge in [-0.3, -0.25) is 4.79 Å². The van der Waals surface area contributed by atoms with Gasteiger partial charge < -0.3 is 10.1 Å². The molecule has 2 aromatic carbocycles. The van der Waals surface area contributed by atoms with Gasteiger partial charge in [0.1, 0.15) is 0 Å². The smallest absolute Gasteiger partial charge is 0.338 e. The monoisotopic (exact) mass is 389 g/mol. The lowest BCUT2D eigenvalue weighted by Gasteiger charge is -2.10. The summed E-state index contributed by atoms with van der Waals surface area (Å²) in [6.45, 7) is 3.72. The van der Waals surface area contributed by atoms with Crippen LogP contribution >= 0.6 is 0 Å². The van der Waals surface area contributed by atoms with Crippen LogP contribution in [0, 0.1) is 5.92 Å². The van der Waals surface area contributed by atoms with Crippen molar-refractivity contribution in [2.45, 2.75) is 25.2 Å². The molecule has 0 saturated heterocycles. The maximum absolute atomic E-state index is 12.1. The van der Waals surface area contributed by atoms with E-state index in [2.05, 4.69) is 19.2 Å². The molecule has 6 nitrogen and oxygen atoms in total. The molecule has 0 aromatic heterocycles. The Bertz CT molecular complexity index is 918. The van der Waals surface area contributed by atoms with Gasteiger partial charge in [-0.15, -0.1) is 0 Å². The number of nitrogens with one attached hydrogen (secondary N) is 1. The summed E-state index contributed by atoms with van der Waals surface area (Å²) in [5, 5.41) is 2.46. The van der Waals surface area contributed by atoms with Gasteiger partial charge in [0.2, 0.25) is 0 Å². The molecule has 0 unspecified atom stereocenters. The van der Waals surface area contributed by atoms with Crippen LogP contribution in [0.1, 0.15) is 29.8 Å². The average molecular weight is 389 g/mol. The van der Waals surface area contributed by atoms with E-state index in [4.69, 9.17) is 4.74 Å². The number of hydrogen-bond acceptors (Lipinski definition) is 5. The Kier molecular flexibility index (Phi) is 6.74. The predicted molar refractivity (Wildman–Crippen MR) is 103 cm³/mol. The predicted octanol–water partition coefficient (Wildman–Crippen LogP) is 3.08. The van der Waals surface area contributed by atoms with Crippen molar-refractivity contribution in [3.63, 3.8) is 0 Å². The first-order valence-electron chi connectivity index (χ1n) is 8.52. The zero-order valence-electron chi connectivity index (χ0n) is 15.6. The van der Waals surface area contributed by atoms with Crippen LogP contribution in [0.2, 0.25) is 0 Å². The van der Waals surface area contributed by atoms with Gasteiger partial charge in [-0.05, 0) is 42.2 Å². The fraction of sp³-hybridized carbons (Fsp3) is 0.300. The van der Waals surface area contributed by atoms with Crippen molar-refractivity contribution >= 4 is 27.4 Å². The van der Waals surface area contributed by atoms with E-state index in [0.717, 1.165) is 18.2 Å². The fourth-order valence-electron chi connectivity index (χ4n) is 2.54. The molecule has 2 aromatic rings. The number of carbonyl (C=O) groups is 2. The summed E-state index contributed by atoms with van der Waals surface area (Å²) in [5.74, 6) is -0.713. The van der Waals surface area contributed by atoms with Crippen LogP contribution in [0.15, 0.2) is 53.4 Å². The topological polar surface area (TPSA) is 89.5 Å². The average Bonchev–Trinajstić information content (AvgIpc) is 2.59. The highest BCUT2D eigenvalue weighted by Crippen LogP contribution is 2.20. The van der Waals surface area contributed by atoms with Crippen LogP contribution in [-0.4, -0.2) is 33.2 Å². The van der Waals surface area contributed by atoms with E-state index in [1.807, 2.05) is 12.1 Å². The molecule has 27 heavy (non-hydrogen) atoms. The number of esters is 1. The van der Waals surface area contributed by atoms with Crippen LogP contribution in [0.4, 0.5) is 5.69 Å². The van der Waals surface area contributed by atoms with Crippen LogP contribution in [0.25, 0.3) is 0 Å². The van der Waals surface area contributed by atoms with Crippen molar-refractivity contribution in [3.8, 4) is 0 Å². The molecule has 7 heteroatoms. The summed E-state index contributed by atoms with van der Waals surface area (Å²) in [4.78, 5) is 24.1. The first kappa shape index (κ1) is 20.6. The quantitative estimate of drug-likeness (QED) is 0.735. The van der Waals surface area contributed by atoms with Gasteiger partial charge in [0.05, 0.1) is 16.1 Å². The Morgan fingerprint density at radius 2 is 1.67 bits per heavy atom. The maximum atomic E-state index is 12.1. The van der Waals surface area contributed by atoms with E-state index >= 15 is 0 Å². The highest BCUT2D eigenvalue weighted by atomic mass is 32.2. The number of amides is 1. The molecule has 0 aliphatic heterocycles. The summed E-state index contributed by atoms with van der Waals surface area (Å²) in [6, 6.07) is 13.1. The Balaban J connectivity index is 1.95. The molecule has 0 heterocycles. The van der Waals surface area contributed by atoms with Crippen molar-refractivity contribution in [1.82, 2.24) is 0 Å². The second kappa shape index (κ2) is 8.81. The lowest BCUT2D eigenvalue weighted by atomic mass is 10.0. The third kappa shape index (κ3) is 6.21. The first-order chi connectivity index (χ1) is 12.7. The molecule has 0 aliphatic rings. The van der Waals surface area contributed by atoms with E-state index in [1.54, 1.807) is 24.3 Å². The minimum Gasteiger partial charge on any atom is -0.452 e. The Morgan fingerprint density at radius 3 is 2.26 bits per heavy atom. The first-order valence-corrected chi connectivity index (χ1v) is 10.4. The van der Waals surface area contributed by atoms with Crippen molar-refractivity contribution in [2.24, 2.45) is 5.92 Å². The molecular weight excluding hydrogens is 366 g/mol. The Labute approximate surface area is 159 Å².